The predicted molar refractivity (Wildman–Crippen MR) is 85.8 cm³/mol. The van der Waals surface area contributed by atoms with E-state index in [1.54, 1.807) is 36.1 Å². The van der Waals surface area contributed by atoms with E-state index in [-0.39, 0.29) is 5.56 Å². The van der Waals surface area contributed by atoms with E-state index in [0.717, 1.165) is 29.8 Å². The van der Waals surface area contributed by atoms with Gasteiger partial charge in [0.05, 0.1) is 5.56 Å². The molecule has 3 rings (SSSR count). The monoisotopic (exact) mass is 346 g/mol. The van der Waals surface area contributed by atoms with E-state index >= 15 is 0 Å². The highest BCUT2D eigenvalue weighted by atomic mass is 19.4. The largest absolute Gasteiger partial charge is 0.416 e. The summed E-state index contributed by atoms with van der Waals surface area (Å²) in [6.45, 7) is 0. The number of nitrogens with one attached hydrogen (secondary N) is 1. The van der Waals surface area contributed by atoms with Crippen molar-refractivity contribution in [2.75, 3.05) is 5.32 Å². The summed E-state index contributed by atoms with van der Waals surface area (Å²) in [5, 5.41) is 10.4. The van der Waals surface area contributed by atoms with Gasteiger partial charge < -0.3 is 9.88 Å². The zero-order chi connectivity index (χ0) is 18.0. The molecule has 0 aliphatic rings. The number of hydrogen-bond acceptors (Lipinski definition) is 3. The fraction of sp³-hybridized carbons (Fsp3) is 0.118. The first-order chi connectivity index (χ1) is 11.8. The number of aromatic nitrogens is 3. The molecule has 1 N–H and O–H groups in total. The van der Waals surface area contributed by atoms with Crippen LogP contribution in [0.3, 0.4) is 0 Å². The number of rotatable bonds is 3. The number of hydrogen-bond donors (Lipinski definition) is 1. The summed E-state index contributed by atoms with van der Waals surface area (Å²) in [6, 6.07) is 11.0. The summed E-state index contributed by atoms with van der Waals surface area (Å²) in [5.41, 5.74) is 0.598. The number of nitrogens with zero attached hydrogens (tertiary/aromatic N) is 3. The van der Waals surface area contributed by atoms with Crippen molar-refractivity contribution in [1.29, 1.82) is 0 Å². The summed E-state index contributed by atoms with van der Waals surface area (Å²) in [4.78, 5) is 12.2. The molecule has 0 radical (unpaired) electrons. The molecule has 0 fully saturated rings. The molecule has 0 aliphatic carbocycles. The number of alkyl halides is 3. The number of carbonyl (C=O) groups is 1. The highest BCUT2D eigenvalue weighted by Crippen LogP contribution is 2.29. The van der Waals surface area contributed by atoms with E-state index in [1.165, 1.54) is 0 Å². The van der Waals surface area contributed by atoms with Gasteiger partial charge in [0.25, 0.3) is 5.91 Å². The number of amides is 1. The molecule has 1 heterocycles. The lowest BCUT2D eigenvalue weighted by Crippen LogP contribution is -2.13. The van der Waals surface area contributed by atoms with Crippen molar-refractivity contribution in [2.45, 2.75) is 6.18 Å². The van der Waals surface area contributed by atoms with Gasteiger partial charge in [0, 0.05) is 23.9 Å². The fourth-order valence-electron chi connectivity index (χ4n) is 2.29. The summed E-state index contributed by atoms with van der Waals surface area (Å²) >= 11 is 0. The van der Waals surface area contributed by atoms with Crippen LogP contribution in [0.25, 0.3) is 11.4 Å². The van der Waals surface area contributed by atoms with Crippen molar-refractivity contribution in [3.63, 3.8) is 0 Å². The molecular weight excluding hydrogens is 333 g/mol. The van der Waals surface area contributed by atoms with E-state index in [9.17, 15) is 18.0 Å². The molecule has 1 aromatic heterocycles. The summed E-state index contributed by atoms with van der Waals surface area (Å²) in [5.74, 6) is 0.134. The Hall–Kier alpha value is -3.16. The lowest BCUT2D eigenvalue weighted by atomic mass is 10.1. The SMILES string of the molecule is Cn1cnnc1-c1cccc(NC(=O)c2ccc(C(F)(F)F)cc2)c1. The Balaban J connectivity index is 1.78. The molecule has 0 bridgehead atoms. The quantitative estimate of drug-likeness (QED) is 0.786. The molecule has 128 valence electrons. The lowest BCUT2D eigenvalue weighted by molar-refractivity contribution is -0.137. The lowest BCUT2D eigenvalue weighted by Gasteiger charge is -2.09. The van der Waals surface area contributed by atoms with E-state index in [0.29, 0.717) is 11.5 Å². The van der Waals surface area contributed by atoms with Crippen LogP contribution in [-0.4, -0.2) is 20.7 Å². The van der Waals surface area contributed by atoms with E-state index < -0.39 is 17.6 Å². The molecule has 2 aromatic carbocycles. The third kappa shape index (κ3) is 3.68. The average molecular weight is 346 g/mol. The summed E-state index contributed by atoms with van der Waals surface area (Å²) in [7, 11) is 1.79. The Kier molecular flexibility index (Phi) is 4.26. The maximum absolute atomic E-state index is 12.6. The molecule has 3 aromatic rings. The van der Waals surface area contributed by atoms with Gasteiger partial charge in [0.2, 0.25) is 0 Å². The maximum atomic E-state index is 12.6. The van der Waals surface area contributed by atoms with Crippen LogP contribution in [0, 0.1) is 0 Å². The van der Waals surface area contributed by atoms with Crippen LogP contribution in [0.1, 0.15) is 15.9 Å². The van der Waals surface area contributed by atoms with Crippen LogP contribution < -0.4 is 5.32 Å². The second-order valence-electron chi connectivity index (χ2n) is 5.38. The van der Waals surface area contributed by atoms with Gasteiger partial charge in [-0.25, -0.2) is 0 Å². The number of carbonyl (C=O) groups excluding carboxylic acids is 1. The molecule has 0 atom stereocenters. The predicted octanol–water partition coefficient (Wildman–Crippen LogP) is 3.75. The number of halogens is 3. The zero-order valence-corrected chi connectivity index (χ0v) is 13.1. The molecule has 0 saturated heterocycles. The zero-order valence-electron chi connectivity index (χ0n) is 13.1. The Morgan fingerprint density at radius 3 is 2.44 bits per heavy atom. The fourth-order valence-corrected chi connectivity index (χ4v) is 2.29. The minimum atomic E-state index is -4.43. The summed E-state index contributed by atoms with van der Waals surface area (Å²) < 4.78 is 39.4. The third-order valence-corrected chi connectivity index (χ3v) is 3.56. The van der Waals surface area contributed by atoms with E-state index in [1.807, 2.05) is 6.07 Å². The minimum Gasteiger partial charge on any atom is -0.322 e. The highest BCUT2D eigenvalue weighted by Gasteiger charge is 2.30. The first kappa shape index (κ1) is 16.7. The van der Waals surface area contributed by atoms with Gasteiger partial charge in [-0.3, -0.25) is 4.79 Å². The Morgan fingerprint density at radius 1 is 1.12 bits per heavy atom. The molecule has 1 amide bonds. The van der Waals surface area contributed by atoms with Crippen LogP contribution in [0.15, 0.2) is 54.9 Å². The smallest absolute Gasteiger partial charge is 0.322 e. The minimum absolute atomic E-state index is 0.136. The molecule has 8 heteroatoms. The second-order valence-corrected chi connectivity index (χ2v) is 5.38. The Bertz CT molecular complexity index is 901. The Morgan fingerprint density at radius 2 is 1.84 bits per heavy atom. The van der Waals surface area contributed by atoms with E-state index in [2.05, 4.69) is 15.5 Å². The first-order valence-corrected chi connectivity index (χ1v) is 7.27. The normalized spacial score (nSPS) is 11.4. The van der Waals surface area contributed by atoms with Crippen LogP contribution in [-0.2, 0) is 13.2 Å². The van der Waals surface area contributed by atoms with Crippen LogP contribution >= 0.6 is 0 Å². The highest BCUT2D eigenvalue weighted by molar-refractivity contribution is 6.04. The molecule has 25 heavy (non-hydrogen) atoms. The molecule has 0 aliphatic heterocycles. The van der Waals surface area contributed by atoms with Crippen LogP contribution in [0.5, 0.6) is 0 Å². The molecule has 0 saturated carbocycles. The van der Waals surface area contributed by atoms with Gasteiger partial charge in [-0.1, -0.05) is 12.1 Å². The Labute approximate surface area is 141 Å². The van der Waals surface area contributed by atoms with Crippen molar-refractivity contribution < 1.29 is 18.0 Å². The van der Waals surface area contributed by atoms with E-state index in [4.69, 9.17) is 0 Å². The number of aryl methyl sites for hydroxylation is 1. The van der Waals surface area contributed by atoms with Gasteiger partial charge in [-0.15, -0.1) is 10.2 Å². The van der Waals surface area contributed by atoms with Crippen molar-refractivity contribution in [3.8, 4) is 11.4 Å². The molecular formula is C17H13F3N4O. The topological polar surface area (TPSA) is 59.8 Å². The maximum Gasteiger partial charge on any atom is 0.416 e. The second kappa shape index (κ2) is 6.39. The standard InChI is InChI=1S/C17H13F3N4O/c1-24-10-21-23-15(24)12-3-2-4-14(9-12)22-16(25)11-5-7-13(8-6-11)17(18,19)20/h2-10H,1H3,(H,22,25). The molecule has 5 nitrogen and oxygen atoms in total. The first-order valence-electron chi connectivity index (χ1n) is 7.27. The van der Waals surface area contributed by atoms with Crippen molar-refractivity contribution in [1.82, 2.24) is 14.8 Å². The van der Waals surface area contributed by atoms with Crippen LogP contribution in [0.4, 0.5) is 18.9 Å². The van der Waals surface area contributed by atoms with Gasteiger partial charge >= 0.3 is 6.18 Å². The number of benzene rings is 2. The van der Waals surface area contributed by atoms with Crippen molar-refractivity contribution >= 4 is 11.6 Å². The van der Waals surface area contributed by atoms with Crippen LogP contribution in [0.2, 0.25) is 0 Å². The molecule has 0 unspecified atom stereocenters. The molecule has 0 spiro atoms. The van der Waals surface area contributed by atoms with Gasteiger partial charge in [-0.05, 0) is 36.4 Å². The third-order valence-electron chi connectivity index (χ3n) is 3.56. The number of anilines is 1. The van der Waals surface area contributed by atoms with Gasteiger partial charge in [-0.2, -0.15) is 13.2 Å². The van der Waals surface area contributed by atoms with Gasteiger partial charge in [0.15, 0.2) is 5.82 Å². The average Bonchev–Trinajstić information content (AvgIpc) is 3.00. The summed E-state index contributed by atoms with van der Waals surface area (Å²) in [6.07, 6.45) is -2.87. The van der Waals surface area contributed by atoms with Crippen molar-refractivity contribution in [3.05, 3.63) is 66.0 Å². The van der Waals surface area contributed by atoms with Crippen molar-refractivity contribution in [2.24, 2.45) is 7.05 Å². The van der Waals surface area contributed by atoms with Gasteiger partial charge in [0.1, 0.15) is 6.33 Å².